The van der Waals surface area contributed by atoms with E-state index in [0.717, 1.165) is 0 Å². The molecule has 6 heterocycles. The Bertz CT molecular complexity index is 5640. The first kappa shape index (κ1) is 57.8. The number of rotatable bonds is 8. The third-order valence-electron chi connectivity index (χ3n) is 24.8. The van der Waals surface area contributed by atoms with Crippen LogP contribution in [0.2, 0.25) is 0 Å². The minimum atomic E-state index is 0.162. The van der Waals surface area contributed by atoms with Gasteiger partial charge in [0.05, 0.1) is 0 Å². The molecule has 3 aliphatic carbocycles. The molecule has 472 valence electrons. The van der Waals surface area contributed by atoms with Crippen LogP contribution in [0, 0.1) is 13.8 Å². The first-order valence-corrected chi connectivity index (χ1v) is 38.5. The highest BCUT2D eigenvalue weighted by Crippen LogP contribution is 2.51. The third kappa shape index (κ3) is 8.98. The van der Waals surface area contributed by atoms with Crippen LogP contribution < -0.4 is 42.6 Å². The summed E-state index contributed by atoms with van der Waals surface area (Å²) >= 11 is 3.91. The van der Waals surface area contributed by atoms with Crippen molar-refractivity contribution in [2.75, 3.05) is 9.80 Å². The van der Waals surface area contributed by atoms with Gasteiger partial charge < -0.3 is 9.80 Å². The summed E-state index contributed by atoms with van der Waals surface area (Å²) < 4.78 is 5.48. The maximum Gasteiger partial charge on any atom is 0.248 e. The molecule has 98 heavy (non-hydrogen) atoms. The lowest BCUT2D eigenvalue weighted by Crippen LogP contribution is -2.55. The molecule has 21 rings (SSSR count). The van der Waals surface area contributed by atoms with Gasteiger partial charge in [-0.15, -0.1) is 22.7 Å². The van der Waals surface area contributed by atoms with Crippen molar-refractivity contribution >= 4 is 143 Å². The highest BCUT2D eigenvalue weighted by atomic mass is 32.1. The van der Waals surface area contributed by atoms with E-state index >= 15 is 0 Å². The summed E-state index contributed by atoms with van der Waals surface area (Å²) in [4.78, 5) is 5.28. The summed E-state index contributed by atoms with van der Waals surface area (Å²) in [6.07, 6.45) is 18.2. The molecule has 2 unspecified atom stereocenters. The molecule has 0 spiro atoms. The van der Waals surface area contributed by atoms with Gasteiger partial charge in [0.1, 0.15) is 0 Å². The molecule has 7 aliphatic rings. The van der Waals surface area contributed by atoms with Gasteiger partial charge in [0.15, 0.2) is 0 Å². The minimum Gasteiger partial charge on any atom is -0.311 e. The van der Waals surface area contributed by atoms with Crippen molar-refractivity contribution in [1.29, 1.82) is 0 Å². The van der Waals surface area contributed by atoms with E-state index in [1.165, 1.54) is 269 Å². The van der Waals surface area contributed by atoms with E-state index in [1.54, 1.807) is 5.56 Å². The van der Waals surface area contributed by atoms with Crippen LogP contribution in [0.15, 0.2) is 231 Å². The maximum atomic E-state index is 2.73. The van der Waals surface area contributed by atoms with Crippen LogP contribution in [0.25, 0.3) is 84.9 Å². The summed E-state index contributed by atoms with van der Waals surface area (Å²) in [6, 6.07) is 91.9. The maximum absolute atomic E-state index is 2.73. The van der Waals surface area contributed by atoms with Crippen LogP contribution in [0.3, 0.4) is 0 Å². The smallest absolute Gasteiger partial charge is 0.248 e. The van der Waals surface area contributed by atoms with Crippen molar-refractivity contribution in [2.45, 2.75) is 127 Å². The molecular formula is C92H76B2N2S2. The molecule has 3 fully saturated rings. The van der Waals surface area contributed by atoms with Crippen molar-refractivity contribution in [2.24, 2.45) is 0 Å². The zero-order chi connectivity index (χ0) is 64.4. The van der Waals surface area contributed by atoms with E-state index in [0.29, 0.717) is 23.7 Å². The first-order chi connectivity index (χ1) is 48.4. The lowest BCUT2D eigenvalue weighted by molar-refractivity contribution is 0.394. The fourth-order valence-corrected chi connectivity index (χ4v) is 22.4. The van der Waals surface area contributed by atoms with E-state index in [1.807, 2.05) is 22.7 Å². The van der Waals surface area contributed by atoms with E-state index < -0.39 is 0 Å². The summed E-state index contributed by atoms with van der Waals surface area (Å²) in [7, 11) is 0. The topological polar surface area (TPSA) is 6.48 Å². The molecule has 2 aromatic heterocycles. The number of para-hydroxylation sites is 2. The number of anilines is 6. The Labute approximate surface area is 584 Å². The number of fused-ring (bicyclic) bond motifs is 16. The summed E-state index contributed by atoms with van der Waals surface area (Å²) in [5.74, 6) is 2.26. The van der Waals surface area contributed by atoms with Gasteiger partial charge in [0.25, 0.3) is 0 Å². The highest BCUT2D eigenvalue weighted by molar-refractivity contribution is 7.26. The van der Waals surface area contributed by atoms with Crippen molar-refractivity contribution in [3.63, 3.8) is 0 Å². The molecule has 2 nitrogen and oxygen atoms in total. The Morgan fingerprint density at radius 3 is 1.56 bits per heavy atom. The zero-order valence-corrected chi connectivity index (χ0v) is 57.6. The van der Waals surface area contributed by atoms with Crippen LogP contribution in [-0.2, 0) is 0 Å². The predicted octanol–water partition coefficient (Wildman–Crippen LogP) is 22.5. The van der Waals surface area contributed by atoms with Gasteiger partial charge in [-0.2, -0.15) is 0 Å². The Kier molecular flexibility index (Phi) is 13.4. The SMILES string of the molecule is Cc1ccccc1N1c2cc(-c3ccc4c(c3)sc3cc(C5CCCC(c6ccc7c(c6)B6c8cc(C9CCCCC9)ccc8-c8cc(-c9ccc%10c(c9)sc9ccccc9%10)cc(c86)N7c6ccc(C7CCCCC7)cc6)C5)ccc34)cc3c2B(c2ccccc2-3)c2cccc(C)c21. The molecular weight excluding hydrogens is 1220 g/mol. The third-order valence-corrected chi connectivity index (χ3v) is 27.1. The average Bonchev–Trinajstić information content (AvgIpc) is 1.48. The average molecular weight is 1300 g/mol. The molecule has 12 aromatic carbocycles. The summed E-state index contributed by atoms with van der Waals surface area (Å²) in [5.41, 5.74) is 35.9. The normalized spacial score (nSPS) is 17.8. The summed E-state index contributed by atoms with van der Waals surface area (Å²) in [6.45, 7) is 4.92. The fraction of sp³-hybridized carbons (Fsp3) is 0.217. The molecule has 0 N–H and O–H groups in total. The van der Waals surface area contributed by atoms with Gasteiger partial charge in [0.2, 0.25) is 13.4 Å². The van der Waals surface area contributed by atoms with Crippen LogP contribution in [0.4, 0.5) is 34.1 Å². The van der Waals surface area contributed by atoms with Crippen LogP contribution in [-0.4, -0.2) is 13.4 Å². The number of hydrogen-bond acceptors (Lipinski definition) is 4. The Hall–Kier alpha value is -9.19. The molecule has 14 aromatic rings. The van der Waals surface area contributed by atoms with Crippen molar-refractivity contribution in [3.8, 4) is 44.5 Å². The van der Waals surface area contributed by atoms with Crippen LogP contribution in [0.5, 0.6) is 0 Å². The molecule has 3 saturated carbocycles. The van der Waals surface area contributed by atoms with E-state index in [2.05, 4.69) is 254 Å². The number of hydrogen-bond donors (Lipinski definition) is 0. The van der Waals surface area contributed by atoms with Crippen molar-refractivity contribution in [1.82, 2.24) is 0 Å². The molecule has 0 radical (unpaired) electrons. The van der Waals surface area contributed by atoms with Gasteiger partial charge in [-0.1, -0.05) is 214 Å². The molecule has 0 amide bonds. The number of thiophene rings is 2. The molecule has 0 bridgehead atoms. The first-order valence-electron chi connectivity index (χ1n) is 36.9. The lowest BCUT2D eigenvalue weighted by Gasteiger charge is -2.38. The quantitative estimate of drug-likeness (QED) is 0.140. The summed E-state index contributed by atoms with van der Waals surface area (Å²) in [5, 5.41) is 5.45. The molecule has 6 heteroatoms. The van der Waals surface area contributed by atoms with Crippen molar-refractivity contribution < 1.29 is 0 Å². The second-order valence-corrected chi connectivity index (χ2v) is 32.4. The largest absolute Gasteiger partial charge is 0.311 e. The second kappa shape index (κ2) is 22.7. The van der Waals surface area contributed by atoms with Gasteiger partial charge in [0, 0.05) is 74.5 Å². The molecule has 2 atom stereocenters. The number of aryl methyl sites for hydroxylation is 2. The second-order valence-electron chi connectivity index (χ2n) is 30.2. The number of nitrogens with zero attached hydrogens (tertiary/aromatic N) is 2. The van der Waals surface area contributed by atoms with Crippen molar-refractivity contribution in [3.05, 3.63) is 264 Å². The predicted molar refractivity (Wildman–Crippen MR) is 424 cm³/mol. The van der Waals surface area contributed by atoms with E-state index in [-0.39, 0.29) is 13.4 Å². The van der Waals surface area contributed by atoms with Crippen LogP contribution >= 0.6 is 22.7 Å². The monoisotopic (exact) mass is 1290 g/mol. The highest BCUT2D eigenvalue weighted by Gasteiger charge is 2.46. The van der Waals surface area contributed by atoms with Gasteiger partial charge >= 0.3 is 0 Å². The zero-order valence-electron chi connectivity index (χ0n) is 56.0. The standard InChI is InChI=1S/C92H76B2N2S2/c1-55-17-9-13-29-82(55)96-85-51-68(46-76-70-25-10-12-27-78(70)93(91(76)85)79-28-15-18-56(2)92(79)96)66-36-43-75-74-41-34-64(52-88(74)98-89(75)54-66)61-24-16-23-60(45-61)63-37-44-83-81(49-63)94-80-48-62(58-21-7-4-8-22-58)33-40-71(80)77-47-67(65-35-42-73-72-26-11-14-30-86(72)97-87(73)53-65)50-84(90(77)94)95(83)69-38-31-59(32-39-69)57-19-5-3-6-20-57/h9-15,17-18,25-44,46-54,57-58,60-61H,3-8,16,19-24,45H2,1-2H3. The van der Waals surface area contributed by atoms with Gasteiger partial charge in [-0.05, 0) is 255 Å². The molecule has 4 aliphatic heterocycles. The van der Waals surface area contributed by atoms with E-state index in [4.69, 9.17) is 0 Å². The van der Waals surface area contributed by atoms with Gasteiger partial charge in [-0.25, -0.2) is 0 Å². The Balaban J connectivity index is 0.648. The Morgan fingerprint density at radius 2 is 0.827 bits per heavy atom. The van der Waals surface area contributed by atoms with E-state index in [9.17, 15) is 0 Å². The number of benzene rings is 12. The fourth-order valence-electron chi connectivity index (χ4n) is 20.1. The Morgan fingerprint density at radius 1 is 0.306 bits per heavy atom. The van der Waals surface area contributed by atoms with Gasteiger partial charge in [-0.3, -0.25) is 0 Å². The van der Waals surface area contributed by atoms with Crippen LogP contribution in [0.1, 0.15) is 147 Å². The molecule has 0 saturated heterocycles. The minimum absolute atomic E-state index is 0.162. The lowest BCUT2D eigenvalue weighted by atomic mass is 9.36.